The Balaban J connectivity index is 2.89. The summed E-state index contributed by atoms with van der Waals surface area (Å²) in [5.41, 5.74) is 7.87. The molecule has 1 atom stereocenters. The summed E-state index contributed by atoms with van der Waals surface area (Å²) in [6, 6.07) is 3.23. The van der Waals surface area contributed by atoms with Crippen molar-refractivity contribution < 1.29 is 8.42 Å². The Kier molecular flexibility index (Phi) is 6.36. The Hall–Kier alpha value is -0.720. The van der Waals surface area contributed by atoms with Crippen LogP contribution in [0.15, 0.2) is 17.0 Å². The average Bonchev–Trinajstić information content (AvgIpc) is 2.33. The van der Waals surface area contributed by atoms with Crippen LogP contribution in [0.1, 0.15) is 31.4 Å². The second kappa shape index (κ2) is 7.33. The van der Waals surface area contributed by atoms with Gasteiger partial charge in [0.1, 0.15) is 0 Å². The quantitative estimate of drug-likeness (QED) is 0.599. The minimum atomic E-state index is -3.51. The lowest BCUT2D eigenvalue weighted by Crippen LogP contribution is -2.33. The molecule has 1 aromatic rings. The highest BCUT2D eigenvalue weighted by atomic mass is 32.2. The predicted octanol–water partition coefficient (Wildman–Crippen LogP) is 2.70. The fourth-order valence-electron chi connectivity index (χ4n) is 1.92. The summed E-state index contributed by atoms with van der Waals surface area (Å²) in [6.45, 7) is 7.66. The summed E-state index contributed by atoms with van der Waals surface area (Å²) in [6.07, 6.45) is 0.818. The summed E-state index contributed by atoms with van der Waals surface area (Å²) in [5.74, 6) is 2.00. The Morgan fingerprint density at radius 1 is 1.35 bits per heavy atom. The molecule has 0 radical (unpaired) electrons. The maximum atomic E-state index is 12.4. The molecule has 0 aliphatic heterocycles. The van der Waals surface area contributed by atoms with Crippen molar-refractivity contribution in [3.05, 3.63) is 23.3 Å². The van der Waals surface area contributed by atoms with Crippen molar-refractivity contribution in [1.82, 2.24) is 4.72 Å². The molecular weight excluding hydrogens is 292 g/mol. The second-order valence-corrected chi connectivity index (χ2v) is 8.05. The first-order valence-electron chi connectivity index (χ1n) is 6.74. The number of nitrogens with two attached hydrogens (primary N) is 1. The molecule has 0 spiro atoms. The molecule has 0 aliphatic rings. The normalized spacial score (nSPS) is 13.4. The number of nitrogens with one attached hydrogen (secondary N) is 1. The maximum absolute atomic E-state index is 12.4. The van der Waals surface area contributed by atoms with E-state index in [0.717, 1.165) is 29.1 Å². The molecule has 0 heterocycles. The molecule has 0 bridgehead atoms. The van der Waals surface area contributed by atoms with Crippen LogP contribution in [-0.2, 0) is 10.0 Å². The average molecular weight is 316 g/mol. The molecule has 20 heavy (non-hydrogen) atoms. The summed E-state index contributed by atoms with van der Waals surface area (Å²) < 4.78 is 27.6. The van der Waals surface area contributed by atoms with Gasteiger partial charge in [-0.2, -0.15) is 11.8 Å². The minimum Gasteiger partial charge on any atom is -0.399 e. The number of sulfonamides is 1. The van der Waals surface area contributed by atoms with Crippen molar-refractivity contribution in [3.8, 4) is 0 Å². The molecule has 0 fully saturated rings. The van der Waals surface area contributed by atoms with Gasteiger partial charge >= 0.3 is 0 Å². The fraction of sp³-hybridized carbons (Fsp3) is 0.571. The van der Waals surface area contributed by atoms with E-state index in [1.807, 2.05) is 25.6 Å². The van der Waals surface area contributed by atoms with Gasteiger partial charge in [-0.3, -0.25) is 0 Å². The van der Waals surface area contributed by atoms with Crippen molar-refractivity contribution in [2.75, 3.05) is 17.2 Å². The molecule has 4 nitrogen and oxygen atoms in total. The lowest BCUT2D eigenvalue weighted by molar-refractivity contribution is 0.556. The van der Waals surface area contributed by atoms with Crippen LogP contribution >= 0.6 is 11.8 Å². The molecule has 0 saturated carbocycles. The van der Waals surface area contributed by atoms with Crippen LogP contribution in [0.2, 0.25) is 0 Å². The monoisotopic (exact) mass is 316 g/mol. The number of rotatable bonds is 7. The third kappa shape index (κ3) is 4.68. The topological polar surface area (TPSA) is 72.2 Å². The van der Waals surface area contributed by atoms with Gasteiger partial charge in [0.05, 0.1) is 4.90 Å². The Labute approximate surface area is 126 Å². The summed E-state index contributed by atoms with van der Waals surface area (Å²) >= 11 is 1.81. The number of hydrogen-bond acceptors (Lipinski definition) is 4. The first kappa shape index (κ1) is 17.3. The number of thioether (sulfide) groups is 1. The highest BCUT2D eigenvalue weighted by molar-refractivity contribution is 7.99. The molecule has 1 unspecified atom stereocenters. The Morgan fingerprint density at radius 3 is 2.60 bits per heavy atom. The van der Waals surface area contributed by atoms with E-state index in [9.17, 15) is 8.42 Å². The smallest absolute Gasteiger partial charge is 0.241 e. The molecule has 0 saturated heterocycles. The van der Waals surface area contributed by atoms with E-state index in [1.54, 1.807) is 13.0 Å². The van der Waals surface area contributed by atoms with E-state index in [-0.39, 0.29) is 10.9 Å². The first-order valence-corrected chi connectivity index (χ1v) is 9.38. The van der Waals surface area contributed by atoms with Gasteiger partial charge in [0.15, 0.2) is 0 Å². The molecule has 0 aromatic heterocycles. The highest BCUT2D eigenvalue weighted by Crippen LogP contribution is 2.22. The fourth-order valence-corrected chi connectivity index (χ4v) is 4.36. The molecule has 114 valence electrons. The number of anilines is 1. The largest absolute Gasteiger partial charge is 0.399 e. The number of nitrogen functional groups attached to an aromatic ring is 1. The van der Waals surface area contributed by atoms with Gasteiger partial charge < -0.3 is 5.73 Å². The zero-order valence-corrected chi connectivity index (χ0v) is 14.2. The van der Waals surface area contributed by atoms with E-state index in [1.165, 1.54) is 6.07 Å². The molecule has 0 amide bonds. The van der Waals surface area contributed by atoms with E-state index in [4.69, 9.17) is 5.73 Å². The summed E-state index contributed by atoms with van der Waals surface area (Å²) in [7, 11) is -3.51. The van der Waals surface area contributed by atoms with Crippen LogP contribution in [0, 0.1) is 13.8 Å². The first-order chi connectivity index (χ1) is 9.27. The van der Waals surface area contributed by atoms with Crippen LogP contribution in [0.25, 0.3) is 0 Å². The van der Waals surface area contributed by atoms with Crippen molar-refractivity contribution in [3.63, 3.8) is 0 Å². The Bertz CT molecular complexity index is 557. The van der Waals surface area contributed by atoms with Crippen molar-refractivity contribution in [1.29, 1.82) is 0 Å². The van der Waals surface area contributed by atoms with Gasteiger partial charge in [-0.05, 0) is 62.0 Å². The van der Waals surface area contributed by atoms with Gasteiger partial charge in [0, 0.05) is 11.7 Å². The zero-order valence-electron chi connectivity index (χ0n) is 12.6. The van der Waals surface area contributed by atoms with E-state index in [2.05, 4.69) is 11.6 Å². The van der Waals surface area contributed by atoms with E-state index >= 15 is 0 Å². The van der Waals surface area contributed by atoms with Gasteiger partial charge in [-0.1, -0.05) is 6.92 Å². The number of benzene rings is 1. The third-order valence-corrected chi connectivity index (χ3v) is 5.84. The SMILES string of the molecule is CCSCCC(C)NS(=O)(=O)c1cc(N)cc(C)c1C. The van der Waals surface area contributed by atoms with E-state index in [0.29, 0.717) is 5.69 Å². The third-order valence-electron chi connectivity index (χ3n) is 3.19. The maximum Gasteiger partial charge on any atom is 0.241 e. The lowest BCUT2D eigenvalue weighted by atomic mass is 10.1. The van der Waals surface area contributed by atoms with Crippen LogP contribution in [0.3, 0.4) is 0 Å². The van der Waals surface area contributed by atoms with E-state index < -0.39 is 10.0 Å². The predicted molar refractivity (Wildman–Crippen MR) is 87.7 cm³/mol. The standard InChI is InChI=1S/C14H24N2O2S2/c1-5-19-7-6-11(3)16-20(17,18)14-9-13(15)8-10(2)12(14)4/h8-9,11,16H,5-7,15H2,1-4H3. The Morgan fingerprint density at radius 2 is 2.00 bits per heavy atom. The summed E-state index contributed by atoms with van der Waals surface area (Å²) in [5, 5.41) is 0. The second-order valence-electron chi connectivity index (χ2n) is 4.97. The molecule has 6 heteroatoms. The van der Waals surface area contributed by atoms with Gasteiger partial charge in [-0.15, -0.1) is 0 Å². The lowest BCUT2D eigenvalue weighted by Gasteiger charge is -2.16. The molecular formula is C14H24N2O2S2. The zero-order chi connectivity index (χ0) is 15.3. The van der Waals surface area contributed by atoms with Crippen LogP contribution in [0.5, 0.6) is 0 Å². The molecule has 3 N–H and O–H groups in total. The number of hydrogen-bond donors (Lipinski definition) is 2. The molecule has 0 aliphatic carbocycles. The van der Waals surface area contributed by atoms with Crippen LogP contribution < -0.4 is 10.5 Å². The van der Waals surface area contributed by atoms with Crippen molar-refractivity contribution >= 4 is 27.5 Å². The highest BCUT2D eigenvalue weighted by Gasteiger charge is 2.20. The molecule has 1 rings (SSSR count). The van der Waals surface area contributed by atoms with Crippen molar-refractivity contribution in [2.24, 2.45) is 0 Å². The van der Waals surface area contributed by atoms with Gasteiger partial charge in [0.25, 0.3) is 0 Å². The van der Waals surface area contributed by atoms with Gasteiger partial charge in [-0.25, -0.2) is 13.1 Å². The minimum absolute atomic E-state index is 0.0832. The number of aryl methyl sites for hydroxylation is 1. The van der Waals surface area contributed by atoms with Gasteiger partial charge in [0.2, 0.25) is 10.0 Å². The summed E-state index contributed by atoms with van der Waals surface area (Å²) in [4.78, 5) is 0.282. The van der Waals surface area contributed by atoms with Crippen LogP contribution in [0.4, 0.5) is 5.69 Å². The van der Waals surface area contributed by atoms with Crippen LogP contribution in [-0.4, -0.2) is 26.0 Å². The molecule has 1 aromatic carbocycles. The van der Waals surface area contributed by atoms with Crippen molar-refractivity contribution in [2.45, 2.75) is 45.1 Å².